The van der Waals surface area contributed by atoms with E-state index in [9.17, 15) is 4.79 Å². The van der Waals surface area contributed by atoms with Crippen LogP contribution in [0.3, 0.4) is 0 Å². The second-order valence-electron chi connectivity index (χ2n) is 8.78. The Morgan fingerprint density at radius 2 is 1.94 bits per heavy atom. The highest BCUT2D eigenvalue weighted by Gasteiger charge is 2.25. The van der Waals surface area contributed by atoms with Crippen molar-refractivity contribution >= 4 is 17.0 Å². The van der Waals surface area contributed by atoms with Crippen LogP contribution in [0.25, 0.3) is 11.2 Å². The number of H-pyrrole nitrogens is 1. The minimum atomic E-state index is -0.0774. The molecule has 0 spiro atoms. The van der Waals surface area contributed by atoms with Crippen molar-refractivity contribution in [2.45, 2.75) is 45.1 Å². The average Bonchev–Trinajstić information content (AvgIpc) is 3.15. The Morgan fingerprint density at radius 3 is 2.75 bits per heavy atom. The lowest BCUT2D eigenvalue weighted by molar-refractivity contribution is 0.395. The number of pyridine rings is 1. The number of aromatic amines is 1. The lowest BCUT2D eigenvalue weighted by Gasteiger charge is -2.33. The Balaban J connectivity index is 1.29. The van der Waals surface area contributed by atoms with Gasteiger partial charge in [0.1, 0.15) is 12.1 Å². The molecule has 0 radical (unpaired) electrons. The van der Waals surface area contributed by atoms with Gasteiger partial charge in [0, 0.05) is 43.0 Å². The van der Waals surface area contributed by atoms with Crippen LogP contribution >= 0.6 is 0 Å². The molecule has 1 aliphatic heterocycles. The van der Waals surface area contributed by atoms with Crippen LogP contribution in [0.15, 0.2) is 59.8 Å². The Kier molecular flexibility index (Phi) is 5.47. The van der Waals surface area contributed by atoms with Crippen molar-refractivity contribution in [2.24, 2.45) is 0 Å². The number of imidazole rings is 1. The van der Waals surface area contributed by atoms with Gasteiger partial charge in [0.05, 0.1) is 5.52 Å². The topological polar surface area (TPSA) is 79.7 Å². The molecule has 0 aliphatic carbocycles. The number of hydrogen-bond acceptors (Lipinski definition) is 5. The van der Waals surface area contributed by atoms with E-state index in [1.165, 1.54) is 11.1 Å². The number of nitrogens with one attached hydrogen (secondary N) is 1. The lowest BCUT2D eigenvalue weighted by atomic mass is 9.96. The number of aryl methyl sites for hydroxylation is 1. The molecule has 1 N–H and O–H groups in total. The van der Waals surface area contributed by atoms with Gasteiger partial charge < -0.3 is 4.90 Å². The zero-order valence-corrected chi connectivity index (χ0v) is 18.5. The van der Waals surface area contributed by atoms with Gasteiger partial charge in [0.25, 0.3) is 0 Å². The molecule has 164 valence electrons. The summed E-state index contributed by atoms with van der Waals surface area (Å²) in [6, 6.07) is 14.8. The van der Waals surface area contributed by atoms with E-state index < -0.39 is 0 Å². The number of piperidine rings is 1. The number of aromatic nitrogens is 5. The van der Waals surface area contributed by atoms with Gasteiger partial charge >= 0.3 is 5.69 Å². The predicted molar refractivity (Wildman–Crippen MR) is 126 cm³/mol. The molecule has 0 saturated carbocycles. The van der Waals surface area contributed by atoms with Crippen molar-refractivity contribution in [1.82, 2.24) is 24.5 Å². The van der Waals surface area contributed by atoms with Gasteiger partial charge in [0.15, 0.2) is 5.65 Å². The molecule has 7 heteroatoms. The minimum Gasteiger partial charge on any atom is -0.356 e. The van der Waals surface area contributed by atoms with Gasteiger partial charge in [-0.15, -0.1) is 0 Å². The first-order valence-corrected chi connectivity index (χ1v) is 11.3. The number of fused-ring (bicyclic) bond motifs is 1. The van der Waals surface area contributed by atoms with Gasteiger partial charge in [-0.1, -0.05) is 36.8 Å². The molecule has 4 aromatic rings. The molecular weight excluding hydrogens is 400 g/mol. The third-order valence-electron chi connectivity index (χ3n) is 6.45. The van der Waals surface area contributed by atoms with Gasteiger partial charge in [-0.05, 0) is 43.9 Å². The van der Waals surface area contributed by atoms with Crippen molar-refractivity contribution in [3.05, 3.63) is 82.3 Å². The normalized spacial score (nSPS) is 15.9. The SMILES string of the molecule is Cc1cccc(CC(C)c2cc(N3CCC(n4c(=O)[nH]c5ncccc54)CC3)ncn2)c1. The van der Waals surface area contributed by atoms with Crippen molar-refractivity contribution in [1.29, 1.82) is 0 Å². The van der Waals surface area contributed by atoms with Crippen molar-refractivity contribution < 1.29 is 0 Å². The molecule has 7 nitrogen and oxygen atoms in total. The third kappa shape index (κ3) is 4.02. The zero-order chi connectivity index (χ0) is 22.1. The second kappa shape index (κ2) is 8.57. The van der Waals surface area contributed by atoms with Crippen LogP contribution in [0.2, 0.25) is 0 Å². The van der Waals surface area contributed by atoms with Crippen molar-refractivity contribution in [3.63, 3.8) is 0 Å². The zero-order valence-electron chi connectivity index (χ0n) is 18.5. The van der Waals surface area contributed by atoms with E-state index in [4.69, 9.17) is 0 Å². The molecule has 0 bridgehead atoms. The summed E-state index contributed by atoms with van der Waals surface area (Å²) >= 11 is 0. The van der Waals surface area contributed by atoms with E-state index in [0.29, 0.717) is 11.6 Å². The molecule has 1 saturated heterocycles. The molecule has 32 heavy (non-hydrogen) atoms. The Morgan fingerprint density at radius 1 is 1.09 bits per heavy atom. The summed E-state index contributed by atoms with van der Waals surface area (Å²) < 4.78 is 1.87. The number of hydrogen-bond donors (Lipinski definition) is 1. The first-order valence-electron chi connectivity index (χ1n) is 11.3. The fraction of sp³-hybridized carbons (Fsp3) is 0.360. The first kappa shape index (κ1) is 20.4. The second-order valence-corrected chi connectivity index (χ2v) is 8.78. The highest BCUT2D eigenvalue weighted by Crippen LogP contribution is 2.28. The maximum Gasteiger partial charge on any atom is 0.327 e. The number of rotatable bonds is 5. The molecule has 1 atom stereocenters. The summed E-state index contributed by atoms with van der Waals surface area (Å²) in [7, 11) is 0. The lowest BCUT2D eigenvalue weighted by Crippen LogP contribution is -2.37. The molecule has 1 aromatic carbocycles. The largest absolute Gasteiger partial charge is 0.356 e. The van der Waals surface area contributed by atoms with E-state index in [1.807, 2.05) is 16.7 Å². The van der Waals surface area contributed by atoms with Gasteiger partial charge in [0.2, 0.25) is 0 Å². The molecule has 1 aliphatic rings. The monoisotopic (exact) mass is 428 g/mol. The Hall–Kier alpha value is -3.48. The molecule has 1 unspecified atom stereocenters. The van der Waals surface area contributed by atoms with Crippen LogP contribution < -0.4 is 10.6 Å². The fourth-order valence-electron chi connectivity index (χ4n) is 4.78. The molecule has 0 amide bonds. The van der Waals surface area contributed by atoms with Crippen LogP contribution in [-0.4, -0.2) is 37.6 Å². The van der Waals surface area contributed by atoms with Crippen LogP contribution in [0, 0.1) is 6.92 Å². The van der Waals surface area contributed by atoms with E-state index >= 15 is 0 Å². The first-order chi connectivity index (χ1) is 15.6. The molecule has 5 rings (SSSR count). The van der Waals surface area contributed by atoms with Crippen LogP contribution in [-0.2, 0) is 6.42 Å². The van der Waals surface area contributed by atoms with Crippen LogP contribution in [0.5, 0.6) is 0 Å². The minimum absolute atomic E-state index is 0.0774. The van der Waals surface area contributed by atoms with Crippen LogP contribution in [0.4, 0.5) is 5.82 Å². The average molecular weight is 429 g/mol. The fourth-order valence-corrected chi connectivity index (χ4v) is 4.78. The van der Waals surface area contributed by atoms with E-state index in [-0.39, 0.29) is 11.7 Å². The Bertz CT molecular complexity index is 1280. The van der Waals surface area contributed by atoms with E-state index in [0.717, 1.165) is 49.4 Å². The van der Waals surface area contributed by atoms with Crippen LogP contribution in [0.1, 0.15) is 48.5 Å². The summed E-state index contributed by atoms with van der Waals surface area (Å²) in [6.45, 7) is 6.05. The smallest absolute Gasteiger partial charge is 0.327 e. The molecule has 4 heterocycles. The highest BCUT2D eigenvalue weighted by atomic mass is 16.1. The predicted octanol–water partition coefficient (Wildman–Crippen LogP) is 4.01. The highest BCUT2D eigenvalue weighted by molar-refractivity contribution is 5.70. The number of nitrogens with zero attached hydrogens (tertiary/aromatic N) is 5. The maximum absolute atomic E-state index is 12.5. The van der Waals surface area contributed by atoms with E-state index in [2.05, 4.69) is 69.0 Å². The van der Waals surface area contributed by atoms with Gasteiger partial charge in [-0.3, -0.25) is 9.55 Å². The summed E-state index contributed by atoms with van der Waals surface area (Å²) in [5.41, 5.74) is 5.14. The Labute approximate surface area is 187 Å². The summed E-state index contributed by atoms with van der Waals surface area (Å²) in [4.78, 5) is 31.1. The van der Waals surface area contributed by atoms with Gasteiger partial charge in [-0.25, -0.2) is 19.7 Å². The number of anilines is 1. The van der Waals surface area contributed by atoms with Crippen molar-refractivity contribution in [3.8, 4) is 0 Å². The number of benzene rings is 1. The third-order valence-corrected chi connectivity index (χ3v) is 6.45. The molecule has 1 fully saturated rings. The molecule has 3 aromatic heterocycles. The van der Waals surface area contributed by atoms with Crippen molar-refractivity contribution in [2.75, 3.05) is 18.0 Å². The summed E-state index contributed by atoms with van der Waals surface area (Å²) in [6.07, 6.45) is 6.12. The van der Waals surface area contributed by atoms with Gasteiger partial charge in [-0.2, -0.15) is 0 Å². The maximum atomic E-state index is 12.5. The quantitative estimate of drug-likeness (QED) is 0.520. The van der Waals surface area contributed by atoms with E-state index in [1.54, 1.807) is 12.5 Å². The summed E-state index contributed by atoms with van der Waals surface area (Å²) in [5.74, 6) is 1.28. The summed E-state index contributed by atoms with van der Waals surface area (Å²) in [5, 5.41) is 0. The standard InChI is InChI=1S/C25H28N6O/c1-17-5-3-6-19(13-17)14-18(2)21-15-23(28-16-27-21)30-11-8-20(9-12-30)31-22-7-4-10-26-24(22)29-25(31)32/h3-7,10,13,15-16,18,20H,8-9,11-12,14H2,1-2H3,(H,26,29,32). The molecular formula is C25H28N6O.